The lowest BCUT2D eigenvalue weighted by Gasteiger charge is -2.26. The Morgan fingerprint density at radius 2 is 2.14 bits per heavy atom. The Morgan fingerprint density at radius 3 is 2.86 bits per heavy atom. The van der Waals surface area contributed by atoms with Crippen LogP contribution in [0, 0.1) is 6.92 Å². The van der Waals surface area contributed by atoms with Crippen LogP contribution in [0.3, 0.4) is 0 Å². The summed E-state index contributed by atoms with van der Waals surface area (Å²) in [4.78, 5) is 24.8. The van der Waals surface area contributed by atoms with E-state index >= 15 is 0 Å². The molecule has 114 valence electrons. The fourth-order valence-electron chi connectivity index (χ4n) is 1.95. The highest BCUT2D eigenvalue weighted by molar-refractivity contribution is 5.79. The molecule has 0 atom stereocenters. The summed E-state index contributed by atoms with van der Waals surface area (Å²) in [6.45, 7) is 4.14. The molecule has 0 bridgehead atoms. The van der Waals surface area contributed by atoms with E-state index in [2.05, 4.69) is 5.32 Å². The Balaban J connectivity index is 1.63. The number of ether oxygens (including phenoxy) is 2. The summed E-state index contributed by atoms with van der Waals surface area (Å²) in [7, 11) is 0. The first-order valence-electron chi connectivity index (χ1n) is 6.97. The van der Waals surface area contributed by atoms with Gasteiger partial charge in [-0.25, -0.2) is 0 Å². The van der Waals surface area contributed by atoms with E-state index in [1.807, 2.05) is 31.2 Å². The highest BCUT2D eigenvalue weighted by Crippen LogP contribution is 2.10. The van der Waals surface area contributed by atoms with Crippen LogP contribution in [0.1, 0.15) is 5.56 Å². The third-order valence-electron chi connectivity index (χ3n) is 3.18. The summed E-state index contributed by atoms with van der Waals surface area (Å²) >= 11 is 0. The Hall–Kier alpha value is -2.08. The van der Waals surface area contributed by atoms with Crippen LogP contribution >= 0.6 is 0 Å². The summed E-state index contributed by atoms with van der Waals surface area (Å²) < 4.78 is 10.4. The van der Waals surface area contributed by atoms with Crippen molar-refractivity contribution in [2.24, 2.45) is 0 Å². The maximum Gasteiger partial charge on any atom is 0.258 e. The molecule has 1 aliphatic heterocycles. The molecule has 1 aliphatic rings. The molecule has 1 saturated heterocycles. The van der Waals surface area contributed by atoms with Gasteiger partial charge in [-0.3, -0.25) is 9.59 Å². The van der Waals surface area contributed by atoms with Gasteiger partial charge < -0.3 is 19.7 Å². The minimum Gasteiger partial charge on any atom is -0.484 e. The van der Waals surface area contributed by atoms with Crippen molar-refractivity contribution >= 4 is 11.8 Å². The molecule has 21 heavy (non-hydrogen) atoms. The Kier molecular flexibility index (Phi) is 5.57. The SMILES string of the molecule is Cc1ccc(OCC(=O)NCCN2CCOCC2=O)cc1. The molecule has 1 heterocycles. The van der Waals surface area contributed by atoms with E-state index in [4.69, 9.17) is 9.47 Å². The summed E-state index contributed by atoms with van der Waals surface area (Å²) in [6.07, 6.45) is 0. The monoisotopic (exact) mass is 292 g/mol. The van der Waals surface area contributed by atoms with Crippen LogP contribution in [0.4, 0.5) is 0 Å². The first kappa shape index (κ1) is 15.3. The quantitative estimate of drug-likeness (QED) is 0.821. The summed E-state index contributed by atoms with van der Waals surface area (Å²) in [5, 5.41) is 2.73. The molecule has 6 heteroatoms. The number of hydrogen-bond donors (Lipinski definition) is 1. The van der Waals surface area contributed by atoms with Gasteiger partial charge >= 0.3 is 0 Å². The number of nitrogens with one attached hydrogen (secondary N) is 1. The number of carbonyl (C=O) groups excluding carboxylic acids is 2. The van der Waals surface area contributed by atoms with E-state index in [0.717, 1.165) is 5.56 Å². The number of benzene rings is 1. The third-order valence-corrected chi connectivity index (χ3v) is 3.18. The van der Waals surface area contributed by atoms with E-state index in [-0.39, 0.29) is 25.0 Å². The highest BCUT2D eigenvalue weighted by Gasteiger charge is 2.17. The van der Waals surface area contributed by atoms with Gasteiger partial charge in [0.2, 0.25) is 5.91 Å². The van der Waals surface area contributed by atoms with Gasteiger partial charge in [0, 0.05) is 19.6 Å². The predicted octanol–water partition coefficient (Wildman–Crippen LogP) is 0.349. The van der Waals surface area contributed by atoms with Gasteiger partial charge in [-0.1, -0.05) is 17.7 Å². The molecule has 0 spiro atoms. The van der Waals surface area contributed by atoms with E-state index in [9.17, 15) is 9.59 Å². The van der Waals surface area contributed by atoms with Crippen molar-refractivity contribution in [2.45, 2.75) is 6.92 Å². The number of hydrogen-bond acceptors (Lipinski definition) is 4. The topological polar surface area (TPSA) is 67.9 Å². The van der Waals surface area contributed by atoms with Crippen LogP contribution in [0.25, 0.3) is 0 Å². The number of morpholine rings is 1. The van der Waals surface area contributed by atoms with Gasteiger partial charge in [0.05, 0.1) is 6.61 Å². The molecule has 1 aromatic carbocycles. The average molecular weight is 292 g/mol. The molecule has 1 aromatic rings. The molecule has 1 N–H and O–H groups in total. The first-order chi connectivity index (χ1) is 10.1. The van der Waals surface area contributed by atoms with Crippen molar-refractivity contribution in [3.8, 4) is 5.75 Å². The van der Waals surface area contributed by atoms with E-state index in [1.165, 1.54) is 0 Å². The number of amides is 2. The number of nitrogens with zero attached hydrogens (tertiary/aromatic N) is 1. The fraction of sp³-hybridized carbons (Fsp3) is 0.467. The molecular formula is C15H20N2O4. The molecule has 2 rings (SSSR count). The molecule has 0 radical (unpaired) electrons. The second kappa shape index (κ2) is 7.64. The van der Waals surface area contributed by atoms with E-state index < -0.39 is 0 Å². The Bertz CT molecular complexity index is 487. The zero-order chi connectivity index (χ0) is 15.1. The number of aryl methyl sites for hydroxylation is 1. The third kappa shape index (κ3) is 5.07. The second-order valence-electron chi connectivity index (χ2n) is 4.89. The smallest absolute Gasteiger partial charge is 0.258 e. The first-order valence-corrected chi connectivity index (χ1v) is 6.97. The van der Waals surface area contributed by atoms with Gasteiger partial charge in [-0.15, -0.1) is 0 Å². The van der Waals surface area contributed by atoms with Crippen LogP contribution in [-0.4, -0.2) is 56.2 Å². The molecule has 0 saturated carbocycles. The molecule has 2 amide bonds. The largest absolute Gasteiger partial charge is 0.484 e. The minimum absolute atomic E-state index is 0.0277. The zero-order valence-corrected chi connectivity index (χ0v) is 12.1. The predicted molar refractivity (Wildman–Crippen MR) is 77.1 cm³/mol. The maximum atomic E-state index is 11.6. The Labute approximate surface area is 124 Å². The second-order valence-corrected chi connectivity index (χ2v) is 4.89. The van der Waals surface area contributed by atoms with Crippen molar-refractivity contribution in [3.63, 3.8) is 0 Å². The normalized spacial score (nSPS) is 14.9. The zero-order valence-electron chi connectivity index (χ0n) is 12.1. The van der Waals surface area contributed by atoms with Gasteiger partial charge in [0.25, 0.3) is 5.91 Å². The summed E-state index contributed by atoms with van der Waals surface area (Å²) in [5.74, 6) is 0.432. The Morgan fingerprint density at radius 1 is 1.38 bits per heavy atom. The van der Waals surface area contributed by atoms with Crippen LogP contribution in [0.15, 0.2) is 24.3 Å². The van der Waals surface area contributed by atoms with E-state index in [0.29, 0.717) is 32.0 Å². The standard InChI is InChI=1S/C15H20N2O4/c1-12-2-4-13(5-3-12)21-10-14(18)16-6-7-17-8-9-20-11-15(17)19/h2-5H,6-11H2,1H3,(H,16,18). The maximum absolute atomic E-state index is 11.6. The van der Waals surface area contributed by atoms with Crippen molar-refractivity contribution in [3.05, 3.63) is 29.8 Å². The molecular weight excluding hydrogens is 272 g/mol. The molecule has 0 aromatic heterocycles. The molecule has 1 fully saturated rings. The van der Waals surface area contributed by atoms with Crippen molar-refractivity contribution in [1.82, 2.24) is 10.2 Å². The van der Waals surface area contributed by atoms with Gasteiger partial charge in [0.1, 0.15) is 12.4 Å². The van der Waals surface area contributed by atoms with Gasteiger partial charge in [-0.05, 0) is 19.1 Å². The molecule has 6 nitrogen and oxygen atoms in total. The van der Waals surface area contributed by atoms with Crippen LogP contribution in [0.2, 0.25) is 0 Å². The average Bonchev–Trinajstić information content (AvgIpc) is 2.49. The van der Waals surface area contributed by atoms with Crippen molar-refractivity contribution in [2.75, 3.05) is 39.5 Å². The minimum atomic E-state index is -0.198. The van der Waals surface area contributed by atoms with Gasteiger partial charge in [-0.2, -0.15) is 0 Å². The van der Waals surface area contributed by atoms with Crippen molar-refractivity contribution in [1.29, 1.82) is 0 Å². The fourth-order valence-corrected chi connectivity index (χ4v) is 1.95. The van der Waals surface area contributed by atoms with Crippen LogP contribution < -0.4 is 10.1 Å². The number of carbonyl (C=O) groups is 2. The lowest BCUT2D eigenvalue weighted by Crippen LogP contribution is -2.45. The molecule has 0 unspecified atom stereocenters. The lowest BCUT2D eigenvalue weighted by atomic mass is 10.2. The summed E-state index contributed by atoms with van der Waals surface area (Å²) in [5.41, 5.74) is 1.14. The highest BCUT2D eigenvalue weighted by atomic mass is 16.5. The number of rotatable bonds is 6. The van der Waals surface area contributed by atoms with Gasteiger partial charge in [0.15, 0.2) is 6.61 Å². The molecule has 0 aliphatic carbocycles. The van der Waals surface area contributed by atoms with E-state index in [1.54, 1.807) is 4.90 Å². The lowest BCUT2D eigenvalue weighted by molar-refractivity contribution is -0.142. The van der Waals surface area contributed by atoms with Crippen LogP contribution in [-0.2, 0) is 14.3 Å². The summed E-state index contributed by atoms with van der Waals surface area (Å²) in [6, 6.07) is 7.51. The van der Waals surface area contributed by atoms with Crippen LogP contribution in [0.5, 0.6) is 5.75 Å². The van der Waals surface area contributed by atoms with Crippen molar-refractivity contribution < 1.29 is 19.1 Å².